The number of hydrogen-bond donors (Lipinski definition) is 2. The number of anilines is 1. The Kier molecular flexibility index (Phi) is 4.60. The van der Waals surface area contributed by atoms with Crippen molar-refractivity contribution in [1.29, 1.82) is 0 Å². The predicted molar refractivity (Wildman–Crippen MR) is 124 cm³/mol. The second-order valence-electron chi connectivity index (χ2n) is 9.78. The lowest BCUT2D eigenvalue weighted by molar-refractivity contribution is -0.0450. The van der Waals surface area contributed by atoms with E-state index in [9.17, 15) is 5.11 Å². The Hall–Kier alpha value is -3.26. The van der Waals surface area contributed by atoms with Crippen LogP contribution in [0.3, 0.4) is 0 Å². The maximum atomic E-state index is 10.6. The first kappa shape index (κ1) is 20.6. The van der Waals surface area contributed by atoms with E-state index in [1.807, 2.05) is 48.9 Å². The van der Waals surface area contributed by atoms with E-state index < -0.39 is 11.0 Å². The first-order valence-corrected chi connectivity index (χ1v) is 10.9. The first-order chi connectivity index (χ1) is 15.1. The van der Waals surface area contributed by atoms with Gasteiger partial charge in [0, 0.05) is 22.4 Å². The number of ether oxygens (including phenoxy) is 1. The molecule has 0 unspecified atom stereocenters. The molecular formula is C24H28N6O2. The summed E-state index contributed by atoms with van der Waals surface area (Å²) in [4.78, 5) is 13.3. The number of hydrogen-bond acceptors (Lipinski definition) is 7. The molecule has 1 saturated carbocycles. The summed E-state index contributed by atoms with van der Waals surface area (Å²) in [6.07, 6.45) is 3.96. The summed E-state index contributed by atoms with van der Waals surface area (Å²) in [7, 11) is 0. The van der Waals surface area contributed by atoms with Crippen LogP contribution < -0.4 is 10.5 Å². The van der Waals surface area contributed by atoms with Gasteiger partial charge in [0.15, 0.2) is 5.65 Å². The summed E-state index contributed by atoms with van der Waals surface area (Å²) in [5.74, 6) is 1.04. The highest BCUT2D eigenvalue weighted by atomic mass is 16.5. The molecule has 5 rings (SSSR count). The van der Waals surface area contributed by atoms with Gasteiger partial charge in [-0.25, -0.2) is 19.6 Å². The van der Waals surface area contributed by atoms with Crippen LogP contribution in [0.4, 0.5) is 5.82 Å². The summed E-state index contributed by atoms with van der Waals surface area (Å²) in [5.41, 5.74) is 8.04. The molecule has 0 bridgehead atoms. The van der Waals surface area contributed by atoms with E-state index in [1.165, 1.54) is 6.33 Å². The minimum atomic E-state index is -0.904. The van der Waals surface area contributed by atoms with Crippen LogP contribution in [0, 0.1) is 5.41 Å². The zero-order valence-corrected chi connectivity index (χ0v) is 18.8. The van der Waals surface area contributed by atoms with Gasteiger partial charge in [0.1, 0.15) is 23.9 Å². The van der Waals surface area contributed by atoms with Crippen molar-refractivity contribution in [3.8, 4) is 17.1 Å². The number of aromatic nitrogens is 5. The average molecular weight is 433 g/mol. The third kappa shape index (κ3) is 3.64. The number of nitrogen functional groups attached to an aromatic ring is 1. The third-order valence-corrected chi connectivity index (χ3v) is 6.51. The van der Waals surface area contributed by atoms with E-state index in [0.29, 0.717) is 41.1 Å². The monoisotopic (exact) mass is 432 g/mol. The summed E-state index contributed by atoms with van der Waals surface area (Å²) in [5, 5.41) is 17.2. The zero-order valence-electron chi connectivity index (χ0n) is 18.8. The fourth-order valence-corrected chi connectivity index (χ4v) is 3.59. The van der Waals surface area contributed by atoms with Crippen LogP contribution in [0.5, 0.6) is 5.88 Å². The molecule has 8 heteroatoms. The van der Waals surface area contributed by atoms with Crippen LogP contribution in [0.25, 0.3) is 33.2 Å². The Morgan fingerprint density at radius 3 is 2.62 bits per heavy atom. The average Bonchev–Trinajstić information content (AvgIpc) is 3.47. The molecule has 1 aliphatic carbocycles. The molecule has 0 atom stereocenters. The minimum Gasteiger partial charge on any atom is -0.474 e. The predicted octanol–water partition coefficient (Wildman–Crippen LogP) is 3.96. The molecular weight excluding hydrogens is 404 g/mol. The van der Waals surface area contributed by atoms with Crippen LogP contribution in [-0.2, 0) is 6.54 Å². The lowest BCUT2D eigenvalue weighted by Crippen LogP contribution is -2.42. The van der Waals surface area contributed by atoms with Gasteiger partial charge in [-0.2, -0.15) is 5.10 Å². The number of aliphatic hydroxyl groups is 1. The van der Waals surface area contributed by atoms with E-state index >= 15 is 0 Å². The van der Waals surface area contributed by atoms with Crippen molar-refractivity contribution < 1.29 is 9.84 Å². The molecule has 0 aliphatic heterocycles. The minimum absolute atomic E-state index is 0.311. The fraction of sp³-hybridized carbons (Fsp3) is 0.417. The van der Waals surface area contributed by atoms with Gasteiger partial charge in [-0.05, 0) is 44.9 Å². The van der Waals surface area contributed by atoms with Gasteiger partial charge in [0.2, 0.25) is 5.88 Å². The van der Waals surface area contributed by atoms with Crippen LogP contribution in [-0.4, -0.2) is 41.5 Å². The first-order valence-electron chi connectivity index (χ1n) is 10.9. The van der Waals surface area contributed by atoms with Crippen LogP contribution in [0.15, 0.2) is 36.7 Å². The molecule has 1 aliphatic rings. The Morgan fingerprint density at radius 1 is 1.12 bits per heavy atom. The van der Waals surface area contributed by atoms with Gasteiger partial charge in [0.05, 0.1) is 23.0 Å². The molecule has 1 aromatic carbocycles. The van der Waals surface area contributed by atoms with Gasteiger partial charge in [-0.3, -0.25) is 0 Å². The second kappa shape index (κ2) is 7.13. The largest absolute Gasteiger partial charge is 0.474 e. The van der Waals surface area contributed by atoms with Crippen molar-refractivity contribution in [1.82, 2.24) is 24.7 Å². The fourth-order valence-electron chi connectivity index (χ4n) is 3.59. The summed E-state index contributed by atoms with van der Waals surface area (Å²) >= 11 is 0. The molecule has 0 spiro atoms. The molecule has 3 heterocycles. The molecule has 0 saturated heterocycles. The molecule has 3 N–H and O–H groups in total. The highest BCUT2D eigenvalue weighted by Gasteiger charge is 2.36. The number of nitrogens with two attached hydrogens (primary N) is 1. The SMILES string of the molecule is CC(C)(O)C(C)(C)Cn1nc(-c2ccc3nc(OC4CC4)ccc3c2)c2c(N)ncnc21. The standard InChI is InChI=1S/C24H28N6O2/c1-23(2,24(3,4)31)12-30-22-19(21(25)26-13-27-22)20(29-30)15-5-9-17-14(11-15)6-10-18(28-17)32-16-7-8-16/h5-6,9-11,13,16,31H,7-8,12H2,1-4H3,(H2,25,26,27). The number of nitrogens with zero attached hydrogens (tertiary/aromatic N) is 5. The van der Waals surface area contributed by atoms with Gasteiger partial charge >= 0.3 is 0 Å². The smallest absolute Gasteiger partial charge is 0.214 e. The van der Waals surface area contributed by atoms with Crippen molar-refractivity contribution in [2.24, 2.45) is 5.41 Å². The Labute approximate surface area is 186 Å². The van der Waals surface area contributed by atoms with Crippen molar-refractivity contribution in [3.05, 3.63) is 36.7 Å². The molecule has 0 amide bonds. The van der Waals surface area contributed by atoms with Crippen molar-refractivity contribution in [2.75, 3.05) is 5.73 Å². The van der Waals surface area contributed by atoms with Gasteiger partial charge < -0.3 is 15.6 Å². The molecule has 3 aromatic heterocycles. The Morgan fingerprint density at radius 2 is 1.91 bits per heavy atom. The Balaban J connectivity index is 1.59. The quantitative estimate of drug-likeness (QED) is 0.474. The van der Waals surface area contributed by atoms with Crippen molar-refractivity contribution >= 4 is 27.8 Å². The number of fused-ring (bicyclic) bond motifs is 2. The number of rotatable bonds is 6. The number of pyridine rings is 1. The lowest BCUT2D eigenvalue weighted by atomic mass is 9.77. The maximum Gasteiger partial charge on any atom is 0.214 e. The van der Waals surface area contributed by atoms with Crippen LogP contribution >= 0.6 is 0 Å². The van der Waals surface area contributed by atoms with E-state index in [0.717, 1.165) is 29.3 Å². The molecule has 32 heavy (non-hydrogen) atoms. The highest BCUT2D eigenvalue weighted by molar-refractivity contribution is 5.99. The molecule has 8 nitrogen and oxygen atoms in total. The summed E-state index contributed by atoms with van der Waals surface area (Å²) < 4.78 is 7.63. The van der Waals surface area contributed by atoms with Gasteiger partial charge in [-0.15, -0.1) is 0 Å². The normalized spacial score (nSPS) is 14.9. The highest BCUT2D eigenvalue weighted by Crippen LogP contribution is 2.36. The maximum absolute atomic E-state index is 10.6. The Bertz CT molecular complexity index is 1320. The topological polar surface area (TPSA) is 112 Å². The van der Waals surface area contributed by atoms with E-state index in [4.69, 9.17) is 15.6 Å². The second-order valence-corrected chi connectivity index (χ2v) is 9.78. The molecule has 4 aromatic rings. The van der Waals surface area contributed by atoms with Gasteiger partial charge in [-0.1, -0.05) is 19.9 Å². The number of benzene rings is 1. The van der Waals surface area contributed by atoms with Crippen molar-refractivity contribution in [3.63, 3.8) is 0 Å². The zero-order chi connectivity index (χ0) is 22.7. The van der Waals surface area contributed by atoms with E-state index in [-0.39, 0.29) is 0 Å². The van der Waals surface area contributed by atoms with E-state index in [1.54, 1.807) is 13.8 Å². The van der Waals surface area contributed by atoms with Crippen LogP contribution in [0.2, 0.25) is 0 Å². The van der Waals surface area contributed by atoms with Gasteiger partial charge in [0.25, 0.3) is 0 Å². The van der Waals surface area contributed by atoms with Crippen LogP contribution in [0.1, 0.15) is 40.5 Å². The van der Waals surface area contributed by atoms with E-state index in [2.05, 4.69) is 15.0 Å². The molecule has 0 radical (unpaired) electrons. The van der Waals surface area contributed by atoms with Crippen molar-refractivity contribution in [2.45, 2.75) is 58.8 Å². The third-order valence-electron chi connectivity index (χ3n) is 6.51. The summed E-state index contributed by atoms with van der Waals surface area (Å²) in [6, 6.07) is 9.92. The lowest BCUT2D eigenvalue weighted by Gasteiger charge is -2.37. The summed E-state index contributed by atoms with van der Waals surface area (Å²) in [6.45, 7) is 8.10. The molecule has 166 valence electrons. The molecule has 1 fully saturated rings.